The Hall–Kier alpha value is -1.45. The molecule has 1 aliphatic heterocycles. The minimum absolute atomic E-state index is 0.0125. The van der Waals surface area contributed by atoms with Gasteiger partial charge < -0.3 is 9.64 Å². The van der Waals surface area contributed by atoms with Gasteiger partial charge in [0, 0.05) is 18.1 Å². The predicted octanol–water partition coefficient (Wildman–Crippen LogP) is 1.58. The molecule has 1 amide bonds. The van der Waals surface area contributed by atoms with Gasteiger partial charge in [0.1, 0.15) is 11.8 Å². The fraction of sp³-hybridized carbons (Fsp3) is 0.462. The van der Waals surface area contributed by atoms with Gasteiger partial charge in [0.25, 0.3) is 5.91 Å². The SMILES string of the molecule is CC1COC(CBr)CN1C(=O)c1ccc(C#N)cn1. The molecule has 1 fully saturated rings. The molecule has 0 aliphatic carbocycles. The van der Waals surface area contributed by atoms with Crippen LogP contribution in [0.15, 0.2) is 18.3 Å². The number of nitriles is 1. The van der Waals surface area contributed by atoms with Gasteiger partial charge in [0.05, 0.1) is 24.3 Å². The number of pyridine rings is 1. The van der Waals surface area contributed by atoms with Crippen molar-refractivity contribution in [2.24, 2.45) is 0 Å². The molecule has 0 radical (unpaired) electrons. The van der Waals surface area contributed by atoms with Crippen LogP contribution in [0.4, 0.5) is 0 Å². The zero-order chi connectivity index (χ0) is 13.8. The molecule has 0 bridgehead atoms. The molecule has 1 saturated heterocycles. The minimum atomic E-state index is -0.119. The summed E-state index contributed by atoms with van der Waals surface area (Å²) < 4.78 is 5.59. The Morgan fingerprint density at radius 1 is 1.68 bits per heavy atom. The van der Waals surface area contributed by atoms with Crippen molar-refractivity contribution < 1.29 is 9.53 Å². The zero-order valence-corrected chi connectivity index (χ0v) is 12.1. The summed E-state index contributed by atoms with van der Waals surface area (Å²) in [5, 5.41) is 9.42. The van der Waals surface area contributed by atoms with E-state index in [9.17, 15) is 4.79 Å². The number of alkyl halides is 1. The molecule has 6 heteroatoms. The second-order valence-corrected chi connectivity index (χ2v) is 5.11. The number of rotatable bonds is 2. The maximum Gasteiger partial charge on any atom is 0.272 e. The van der Waals surface area contributed by atoms with Gasteiger partial charge >= 0.3 is 0 Å². The van der Waals surface area contributed by atoms with Crippen molar-refractivity contribution in [2.75, 3.05) is 18.5 Å². The first-order valence-electron chi connectivity index (χ1n) is 6.00. The van der Waals surface area contributed by atoms with Gasteiger partial charge in [0.2, 0.25) is 0 Å². The fourth-order valence-electron chi connectivity index (χ4n) is 1.93. The van der Waals surface area contributed by atoms with Gasteiger partial charge in [-0.3, -0.25) is 4.79 Å². The van der Waals surface area contributed by atoms with E-state index in [0.717, 1.165) is 0 Å². The lowest BCUT2D eigenvalue weighted by Gasteiger charge is -2.37. The molecule has 2 rings (SSSR count). The van der Waals surface area contributed by atoms with E-state index >= 15 is 0 Å². The van der Waals surface area contributed by atoms with Crippen LogP contribution >= 0.6 is 15.9 Å². The van der Waals surface area contributed by atoms with Crippen LogP contribution in [0.1, 0.15) is 23.0 Å². The van der Waals surface area contributed by atoms with Crippen LogP contribution in [0.5, 0.6) is 0 Å². The van der Waals surface area contributed by atoms with E-state index in [1.54, 1.807) is 17.0 Å². The lowest BCUT2D eigenvalue weighted by Crippen LogP contribution is -2.51. The average Bonchev–Trinajstić information content (AvgIpc) is 2.47. The first kappa shape index (κ1) is 14.0. The Balaban J connectivity index is 2.15. The summed E-state index contributed by atoms with van der Waals surface area (Å²) in [6.07, 6.45) is 1.43. The van der Waals surface area contributed by atoms with Crippen molar-refractivity contribution in [3.05, 3.63) is 29.6 Å². The number of hydrogen-bond acceptors (Lipinski definition) is 4. The molecule has 0 N–H and O–H groups in total. The third-order valence-electron chi connectivity index (χ3n) is 3.05. The Kier molecular flexibility index (Phi) is 4.51. The van der Waals surface area contributed by atoms with Gasteiger partial charge in [-0.1, -0.05) is 15.9 Å². The monoisotopic (exact) mass is 323 g/mol. The fourth-order valence-corrected chi connectivity index (χ4v) is 2.32. The van der Waals surface area contributed by atoms with Crippen LogP contribution in [0.2, 0.25) is 0 Å². The minimum Gasteiger partial charge on any atom is -0.373 e. The van der Waals surface area contributed by atoms with Gasteiger partial charge in [-0.25, -0.2) is 4.98 Å². The van der Waals surface area contributed by atoms with Gasteiger partial charge in [-0.2, -0.15) is 5.26 Å². The number of halogens is 1. The van der Waals surface area contributed by atoms with Crippen LogP contribution in [0.25, 0.3) is 0 Å². The molecule has 0 spiro atoms. The molecule has 100 valence electrons. The summed E-state index contributed by atoms with van der Waals surface area (Å²) in [4.78, 5) is 18.2. The van der Waals surface area contributed by atoms with E-state index in [1.807, 2.05) is 13.0 Å². The Morgan fingerprint density at radius 2 is 2.47 bits per heavy atom. The molecular weight excluding hydrogens is 310 g/mol. The summed E-state index contributed by atoms with van der Waals surface area (Å²) in [7, 11) is 0. The molecule has 5 nitrogen and oxygen atoms in total. The number of carbonyl (C=O) groups is 1. The molecule has 0 aromatic carbocycles. The van der Waals surface area contributed by atoms with Gasteiger partial charge in [-0.05, 0) is 19.1 Å². The van der Waals surface area contributed by atoms with E-state index in [4.69, 9.17) is 10.00 Å². The summed E-state index contributed by atoms with van der Waals surface area (Å²) in [5.74, 6) is -0.119. The molecule has 2 heterocycles. The molecule has 0 saturated carbocycles. The van der Waals surface area contributed by atoms with E-state index in [-0.39, 0.29) is 18.1 Å². The lowest BCUT2D eigenvalue weighted by atomic mass is 10.1. The van der Waals surface area contributed by atoms with Crippen LogP contribution in [0.3, 0.4) is 0 Å². The number of carbonyl (C=O) groups excluding carboxylic acids is 1. The van der Waals surface area contributed by atoms with Crippen molar-refractivity contribution in [3.63, 3.8) is 0 Å². The summed E-state index contributed by atoms with van der Waals surface area (Å²) in [6.45, 7) is 3.03. The third kappa shape index (κ3) is 3.11. The number of morpholine rings is 1. The van der Waals surface area contributed by atoms with E-state index < -0.39 is 0 Å². The average molecular weight is 324 g/mol. The number of ether oxygens (including phenoxy) is 1. The predicted molar refractivity (Wildman–Crippen MR) is 73.0 cm³/mol. The largest absolute Gasteiger partial charge is 0.373 e. The molecule has 19 heavy (non-hydrogen) atoms. The van der Waals surface area contributed by atoms with Gasteiger partial charge in [-0.15, -0.1) is 0 Å². The summed E-state index contributed by atoms with van der Waals surface area (Å²) in [5.41, 5.74) is 0.811. The molecule has 1 aromatic heterocycles. The standard InChI is InChI=1S/C13H14BrN3O2/c1-9-8-19-11(4-14)7-17(9)13(18)12-3-2-10(5-15)6-16-12/h2-3,6,9,11H,4,7-8H2,1H3. The normalized spacial score (nSPS) is 22.9. The molecule has 1 aliphatic rings. The Bertz CT molecular complexity index is 498. The van der Waals surface area contributed by atoms with Gasteiger partial charge in [0.15, 0.2) is 0 Å². The summed E-state index contributed by atoms with van der Waals surface area (Å²) >= 11 is 3.37. The second kappa shape index (κ2) is 6.13. The van der Waals surface area contributed by atoms with Crippen LogP contribution in [-0.2, 0) is 4.74 Å². The smallest absolute Gasteiger partial charge is 0.272 e. The summed E-state index contributed by atoms with van der Waals surface area (Å²) in [6, 6.07) is 5.21. The Labute approximate surface area is 120 Å². The number of hydrogen-bond donors (Lipinski definition) is 0. The Morgan fingerprint density at radius 3 is 3.05 bits per heavy atom. The second-order valence-electron chi connectivity index (χ2n) is 4.46. The van der Waals surface area contributed by atoms with Crippen molar-refractivity contribution in [1.29, 1.82) is 5.26 Å². The molecule has 2 unspecified atom stereocenters. The van der Waals surface area contributed by atoms with E-state index in [0.29, 0.717) is 29.7 Å². The van der Waals surface area contributed by atoms with Crippen LogP contribution < -0.4 is 0 Å². The third-order valence-corrected chi connectivity index (χ3v) is 3.77. The highest BCUT2D eigenvalue weighted by Gasteiger charge is 2.30. The first-order chi connectivity index (χ1) is 9.15. The topological polar surface area (TPSA) is 66.2 Å². The maximum absolute atomic E-state index is 12.4. The maximum atomic E-state index is 12.4. The highest BCUT2D eigenvalue weighted by Crippen LogP contribution is 2.16. The molecule has 2 atom stereocenters. The van der Waals surface area contributed by atoms with Crippen molar-refractivity contribution in [3.8, 4) is 6.07 Å². The zero-order valence-electron chi connectivity index (χ0n) is 10.5. The highest BCUT2D eigenvalue weighted by molar-refractivity contribution is 9.09. The van der Waals surface area contributed by atoms with E-state index in [2.05, 4.69) is 20.9 Å². The van der Waals surface area contributed by atoms with Crippen molar-refractivity contribution in [2.45, 2.75) is 19.1 Å². The van der Waals surface area contributed by atoms with Crippen LogP contribution in [-0.4, -0.2) is 46.4 Å². The first-order valence-corrected chi connectivity index (χ1v) is 7.12. The number of aromatic nitrogens is 1. The highest BCUT2D eigenvalue weighted by atomic mass is 79.9. The van der Waals surface area contributed by atoms with Crippen LogP contribution in [0, 0.1) is 11.3 Å². The quantitative estimate of drug-likeness (QED) is 0.775. The van der Waals surface area contributed by atoms with E-state index in [1.165, 1.54) is 6.20 Å². The number of nitrogens with zero attached hydrogens (tertiary/aromatic N) is 3. The van der Waals surface area contributed by atoms with Crippen molar-refractivity contribution >= 4 is 21.8 Å². The van der Waals surface area contributed by atoms with Crippen molar-refractivity contribution in [1.82, 2.24) is 9.88 Å². The number of amides is 1. The lowest BCUT2D eigenvalue weighted by molar-refractivity contribution is -0.0363. The molecular formula is C13H14BrN3O2. The molecule has 1 aromatic rings.